The molecule has 1 atom stereocenters. The lowest BCUT2D eigenvalue weighted by Crippen LogP contribution is -2.38. The van der Waals surface area contributed by atoms with E-state index in [-0.39, 0.29) is 12.1 Å². The summed E-state index contributed by atoms with van der Waals surface area (Å²) in [6.07, 6.45) is 7.58. The van der Waals surface area contributed by atoms with Gasteiger partial charge in [0.2, 0.25) is 5.91 Å². The minimum absolute atomic E-state index is 0.0887. The molecule has 0 radical (unpaired) electrons. The molecule has 0 spiro atoms. The average molecular weight is 342 g/mol. The molecule has 0 aliphatic carbocycles. The van der Waals surface area contributed by atoms with E-state index in [1.54, 1.807) is 19.3 Å². The van der Waals surface area contributed by atoms with Crippen LogP contribution in [0, 0.1) is 5.92 Å². The molecule has 2 saturated heterocycles. The molecule has 132 valence electrons. The fourth-order valence-electron chi connectivity index (χ4n) is 3.09. The summed E-state index contributed by atoms with van der Waals surface area (Å²) in [4.78, 5) is 17.7. The largest absolute Gasteiger partial charge is 0.492 e. The predicted molar refractivity (Wildman–Crippen MR) is 90.9 cm³/mol. The van der Waals surface area contributed by atoms with E-state index in [0.717, 1.165) is 49.5 Å². The van der Waals surface area contributed by atoms with Crippen molar-refractivity contribution in [3.8, 4) is 17.0 Å². The smallest absolute Gasteiger partial charge is 0.219 e. The first kappa shape index (κ1) is 16.1. The van der Waals surface area contributed by atoms with Crippen LogP contribution >= 0.6 is 0 Å². The van der Waals surface area contributed by atoms with Gasteiger partial charge in [-0.2, -0.15) is 5.10 Å². The quantitative estimate of drug-likeness (QED) is 0.778. The van der Waals surface area contributed by atoms with Crippen LogP contribution in [0.1, 0.15) is 26.0 Å². The van der Waals surface area contributed by atoms with Crippen molar-refractivity contribution in [2.75, 3.05) is 26.3 Å². The van der Waals surface area contributed by atoms with Gasteiger partial charge >= 0.3 is 0 Å². The highest BCUT2D eigenvalue weighted by Crippen LogP contribution is 2.26. The summed E-state index contributed by atoms with van der Waals surface area (Å²) >= 11 is 0. The first-order valence-electron chi connectivity index (χ1n) is 8.69. The summed E-state index contributed by atoms with van der Waals surface area (Å²) in [5.74, 6) is 1.43. The number of epoxide rings is 1. The Morgan fingerprint density at radius 2 is 2.12 bits per heavy atom. The summed E-state index contributed by atoms with van der Waals surface area (Å²) in [7, 11) is 0. The van der Waals surface area contributed by atoms with Crippen LogP contribution in [0.5, 0.6) is 5.75 Å². The molecule has 25 heavy (non-hydrogen) atoms. The van der Waals surface area contributed by atoms with Gasteiger partial charge in [-0.05, 0) is 30.9 Å². The van der Waals surface area contributed by atoms with Gasteiger partial charge in [0.25, 0.3) is 0 Å². The molecule has 2 aliphatic rings. The van der Waals surface area contributed by atoms with Crippen LogP contribution in [0.2, 0.25) is 0 Å². The SMILES string of the molecule is CC(=O)N1CCC(COc2ccc(-c3cnn(C4CO4)c3)nc2)CC1. The third kappa shape index (κ3) is 3.82. The van der Waals surface area contributed by atoms with E-state index in [9.17, 15) is 4.79 Å². The number of likely N-dealkylation sites (tertiary alicyclic amines) is 1. The maximum atomic E-state index is 11.3. The minimum atomic E-state index is 0.0887. The molecule has 2 fully saturated rings. The van der Waals surface area contributed by atoms with E-state index in [1.807, 2.05) is 27.9 Å². The third-order valence-electron chi connectivity index (χ3n) is 4.79. The van der Waals surface area contributed by atoms with E-state index >= 15 is 0 Å². The van der Waals surface area contributed by atoms with Crippen molar-refractivity contribution in [2.45, 2.75) is 26.0 Å². The van der Waals surface area contributed by atoms with Gasteiger partial charge in [-0.15, -0.1) is 0 Å². The summed E-state index contributed by atoms with van der Waals surface area (Å²) in [5, 5.41) is 4.29. The topological polar surface area (TPSA) is 72.8 Å². The van der Waals surface area contributed by atoms with E-state index in [0.29, 0.717) is 12.5 Å². The van der Waals surface area contributed by atoms with Crippen molar-refractivity contribution < 1.29 is 14.3 Å². The number of aromatic nitrogens is 3. The van der Waals surface area contributed by atoms with Gasteiger partial charge in [-0.3, -0.25) is 9.78 Å². The summed E-state index contributed by atoms with van der Waals surface area (Å²) < 4.78 is 12.9. The number of pyridine rings is 1. The molecule has 2 aromatic rings. The molecule has 0 aromatic carbocycles. The molecule has 4 rings (SSSR count). The van der Waals surface area contributed by atoms with Crippen molar-refractivity contribution in [1.82, 2.24) is 19.7 Å². The summed E-state index contributed by atoms with van der Waals surface area (Å²) in [5.41, 5.74) is 1.84. The van der Waals surface area contributed by atoms with Crippen molar-refractivity contribution in [3.05, 3.63) is 30.7 Å². The molecule has 4 heterocycles. The maximum absolute atomic E-state index is 11.3. The Bertz CT molecular complexity index is 731. The van der Waals surface area contributed by atoms with Crippen molar-refractivity contribution in [2.24, 2.45) is 5.92 Å². The van der Waals surface area contributed by atoms with Crippen LogP contribution < -0.4 is 4.74 Å². The monoisotopic (exact) mass is 342 g/mol. The zero-order valence-electron chi connectivity index (χ0n) is 14.3. The number of hydrogen-bond acceptors (Lipinski definition) is 5. The molecule has 0 N–H and O–H groups in total. The van der Waals surface area contributed by atoms with Crippen LogP contribution in [0.25, 0.3) is 11.3 Å². The lowest BCUT2D eigenvalue weighted by atomic mass is 9.98. The molecule has 1 amide bonds. The number of amides is 1. The highest BCUT2D eigenvalue weighted by Gasteiger charge is 2.25. The Morgan fingerprint density at radius 3 is 2.76 bits per heavy atom. The van der Waals surface area contributed by atoms with Crippen LogP contribution in [-0.2, 0) is 9.53 Å². The molecule has 7 nitrogen and oxygen atoms in total. The fraction of sp³-hybridized carbons (Fsp3) is 0.500. The lowest BCUT2D eigenvalue weighted by molar-refractivity contribution is -0.130. The van der Waals surface area contributed by atoms with E-state index in [2.05, 4.69) is 10.1 Å². The van der Waals surface area contributed by atoms with Gasteiger partial charge < -0.3 is 14.4 Å². The van der Waals surface area contributed by atoms with Gasteiger partial charge in [0, 0.05) is 31.8 Å². The molecule has 0 bridgehead atoms. The number of ether oxygens (including phenoxy) is 2. The number of rotatable bonds is 5. The zero-order valence-corrected chi connectivity index (χ0v) is 14.3. The van der Waals surface area contributed by atoms with Crippen LogP contribution in [0.15, 0.2) is 30.7 Å². The van der Waals surface area contributed by atoms with E-state index in [4.69, 9.17) is 9.47 Å². The Labute approximate surface area is 146 Å². The Morgan fingerprint density at radius 1 is 1.32 bits per heavy atom. The standard InChI is InChI=1S/C18H22N4O3/c1-13(23)21-6-4-14(5-7-21)11-24-16-2-3-17(19-9-16)15-8-20-22(10-15)18-12-25-18/h2-3,8-10,14,18H,4-7,11-12H2,1H3. The number of carbonyl (C=O) groups excluding carboxylic acids is 1. The van der Waals surface area contributed by atoms with Crippen molar-refractivity contribution >= 4 is 5.91 Å². The molecular formula is C18H22N4O3. The summed E-state index contributed by atoms with van der Waals surface area (Å²) in [6.45, 7) is 4.69. The molecule has 2 aromatic heterocycles. The number of nitrogens with zero attached hydrogens (tertiary/aromatic N) is 4. The number of carbonyl (C=O) groups is 1. The van der Waals surface area contributed by atoms with E-state index < -0.39 is 0 Å². The Kier molecular flexibility index (Phi) is 4.40. The first-order chi connectivity index (χ1) is 12.2. The maximum Gasteiger partial charge on any atom is 0.219 e. The van der Waals surface area contributed by atoms with E-state index in [1.165, 1.54) is 0 Å². The second-order valence-electron chi connectivity index (χ2n) is 6.64. The average Bonchev–Trinajstić information content (AvgIpc) is 3.38. The first-order valence-corrected chi connectivity index (χ1v) is 8.69. The Balaban J connectivity index is 1.29. The highest BCUT2D eigenvalue weighted by molar-refractivity contribution is 5.73. The molecule has 7 heteroatoms. The lowest BCUT2D eigenvalue weighted by Gasteiger charge is -2.31. The minimum Gasteiger partial charge on any atom is -0.492 e. The Hall–Kier alpha value is -2.41. The molecule has 1 unspecified atom stereocenters. The third-order valence-corrected chi connectivity index (χ3v) is 4.79. The predicted octanol–water partition coefficient (Wildman–Crippen LogP) is 2.11. The van der Waals surface area contributed by atoms with Crippen LogP contribution in [-0.4, -0.2) is 51.9 Å². The zero-order chi connectivity index (χ0) is 17.2. The van der Waals surface area contributed by atoms with Gasteiger partial charge in [0.05, 0.1) is 31.3 Å². The van der Waals surface area contributed by atoms with Crippen LogP contribution in [0.4, 0.5) is 0 Å². The van der Waals surface area contributed by atoms with Crippen molar-refractivity contribution in [1.29, 1.82) is 0 Å². The van der Waals surface area contributed by atoms with Gasteiger partial charge in [-0.25, -0.2) is 4.68 Å². The second kappa shape index (κ2) is 6.84. The number of hydrogen-bond donors (Lipinski definition) is 0. The molecule has 2 aliphatic heterocycles. The van der Waals surface area contributed by atoms with Gasteiger partial charge in [0.1, 0.15) is 5.75 Å². The van der Waals surface area contributed by atoms with Gasteiger partial charge in [0.15, 0.2) is 6.23 Å². The van der Waals surface area contributed by atoms with Crippen molar-refractivity contribution in [3.63, 3.8) is 0 Å². The summed E-state index contributed by atoms with van der Waals surface area (Å²) in [6, 6.07) is 3.89. The molecule has 0 saturated carbocycles. The van der Waals surface area contributed by atoms with Crippen LogP contribution in [0.3, 0.4) is 0 Å². The normalized spacial score (nSPS) is 20.5. The highest BCUT2D eigenvalue weighted by atomic mass is 16.6. The fourth-order valence-corrected chi connectivity index (χ4v) is 3.09. The molecular weight excluding hydrogens is 320 g/mol. The second-order valence-corrected chi connectivity index (χ2v) is 6.64. The number of piperidine rings is 1. The van der Waals surface area contributed by atoms with Gasteiger partial charge in [-0.1, -0.05) is 0 Å².